The fourth-order valence-electron chi connectivity index (χ4n) is 6.01. The highest BCUT2D eigenvalue weighted by molar-refractivity contribution is 6.23. The monoisotopic (exact) mass is 476 g/mol. The molecule has 3 aliphatic rings. The third-order valence-corrected chi connectivity index (χ3v) is 7.70. The average Bonchev–Trinajstić information content (AvgIpc) is 3.51. The van der Waals surface area contributed by atoms with Crippen molar-refractivity contribution < 1.29 is 14.5 Å². The Labute approximate surface area is 208 Å². The van der Waals surface area contributed by atoms with E-state index in [4.69, 9.17) is 0 Å². The summed E-state index contributed by atoms with van der Waals surface area (Å²) in [4.78, 5) is 39.1. The topological polar surface area (TPSA) is 80.5 Å². The first-order valence-corrected chi connectivity index (χ1v) is 12.0. The van der Waals surface area contributed by atoms with Crippen LogP contribution in [0.15, 0.2) is 90.5 Å². The van der Waals surface area contributed by atoms with Gasteiger partial charge in [0.05, 0.1) is 22.4 Å². The van der Waals surface area contributed by atoms with Crippen LogP contribution in [0.4, 0.5) is 11.4 Å². The first-order valence-electron chi connectivity index (χ1n) is 12.0. The predicted octanol–water partition coefficient (Wildman–Crippen LogP) is 5.64. The molecule has 0 radical (unpaired) electrons. The number of nitro groups is 1. The minimum Gasteiger partial charge on any atom is -0.274 e. The lowest BCUT2D eigenvalue weighted by atomic mass is 9.85. The van der Waals surface area contributed by atoms with Crippen molar-refractivity contribution in [3.63, 3.8) is 0 Å². The summed E-state index contributed by atoms with van der Waals surface area (Å²) < 4.78 is 0. The molecule has 2 fully saturated rings. The highest BCUT2D eigenvalue weighted by atomic mass is 16.6. The molecule has 3 aromatic rings. The Morgan fingerprint density at radius 2 is 1.17 bits per heavy atom. The zero-order chi connectivity index (χ0) is 25.1. The van der Waals surface area contributed by atoms with Gasteiger partial charge in [0, 0.05) is 24.0 Å². The highest BCUT2D eigenvalue weighted by Crippen LogP contribution is 2.58. The molecule has 6 rings (SSSR count). The van der Waals surface area contributed by atoms with Crippen LogP contribution in [-0.2, 0) is 9.59 Å². The standard InChI is InChI=1S/C30H24N2O4/c1-17-3-7-19(8-4-17)25(20-9-5-18(2)6-10-20)26-23-15-16-24(26)28-27(23)29(33)31(30(28)34)21-11-13-22(14-12-21)32(35)36/h3-16,23-24,27-28H,1-2H3. The van der Waals surface area contributed by atoms with Crippen LogP contribution in [-0.4, -0.2) is 16.7 Å². The first kappa shape index (κ1) is 22.2. The number of carbonyl (C=O) groups is 2. The molecule has 36 heavy (non-hydrogen) atoms. The maximum absolute atomic E-state index is 13.7. The molecule has 2 amide bonds. The van der Waals surface area contributed by atoms with Crippen LogP contribution in [0, 0.1) is 47.6 Å². The largest absolute Gasteiger partial charge is 0.274 e. The number of hydrogen-bond acceptors (Lipinski definition) is 4. The van der Waals surface area contributed by atoms with E-state index in [1.165, 1.54) is 40.3 Å². The Bertz CT molecular complexity index is 1390. The molecule has 1 saturated carbocycles. The molecule has 178 valence electrons. The summed E-state index contributed by atoms with van der Waals surface area (Å²) in [5, 5.41) is 11.0. The normalized spacial score (nSPS) is 23.9. The predicted molar refractivity (Wildman–Crippen MR) is 137 cm³/mol. The van der Waals surface area contributed by atoms with Gasteiger partial charge in [-0.1, -0.05) is 71.8 Å². The molecule has 6 heteroatoms. The summed E-state index contributed by atoms with van der Waals surface area (Å²) in [5.41, 5.74) is 7.00. The van der Waals surface area contributed by atoms with Crippen LogP contribution >= 0.6 is 0 Å². The third kappa shape index (κ3) is 3.25. The number of hydrogen-bond donors (Lipinski definition) is 0. The second kappa shape index (κ2) is 8.12. The van der Waals surface area contributed by atoms with Crippen molar-refractivity contribution in [2.75, 3.05) is 4.90 Å². The van der Waals surface area contributed by atoms with Gasteiger partial charge in [-0.25, -0.2) is 4.90 Å². The molecule has 2 bridgehead atoms. The van der Waals surface area contributed by atoms with Gasteiger partial charge >= 0.3 is 0 Å². The van der Waals surface area contributed by atoms with E-state index in [9.17, 15) is 19.7 Å². The van der Waals surface area contributed by atoms with E-state index in [1.54, 1.807) is 0 Å². The van der Waals surface area contributed by atoms with Gasteiger partial charge < -0.3 is 0 Å². The Kier molecular flexibility index (Phi) is 5.00. The molecular formula is C30H24N2O4. The number of amides is 2. The SMILES string of the molecule is Cc1ccc(C(=C2C3C=CC2C2C(=O)N(c4ccc([N+](=O)[O-])cc4)C(=O)C32)c2ccc(C)cc2)cc1. The van der Waals surface area contributed by atoms with E-state index in [1.807, 2.05) is 0 Å². The number of benzene rings is 3. The summed E-state index contributed by atoms with van der Waals surface area (Å²) >= 11 is 0. The molecule has 3 aromatic carbocycles. The molecule has 1 heterocycles. The Morgan fingerprint density at radius 3 is 1.58 bits per heavy atom. The number of nitrogens with zero attached hydrogens (tertiary/aromatic N) is 2. The zero-order valence-corrected chi connectivity index (χ0v) is 19.9. The lowest BCUT2D eigenvalue weighted by Gasteiger charge is -2.21. The molecule has 4 atom stereocenters. The first-order chi connectivity index (χ1) is 17.3. The Balaban J connectivity index is 1.45. The number of carbonyl (C=O) groups excluding carboxylic acids is 2. The average molecular weight is 477 g/mol. The Morgan fingerprint density at radius 1 is 0.722 bits per heavy atom. The van der Waals surface area contributed by atoms with Crippen LogP contribution < -0.4 is 4.90 Å². The molecule has 2 aliphatic carbocycles. The number of nitro benzene ring substituents is 1. The van der Waals surface area contributed by atoms with Crippen LogP contribution in [0.1, 0.15) is 22.3 Å². The van der Waals surface area contributed by atoms with E-state index < -0.39 is 16.8 Å². The minimum atomic E-state index is -0.495. The van der Waals surface area contributed by atoms with Gasteiger partial charge in [-0.2, -0.15) is 0 Å². The number of anilines is 1. The van der Waals surface area contributed by atoms with Crippen molar-refractivity contribution >= 4 is 28.8 Å². The van der Waals surface area contributed by atoms with Crippen molar-refractivity contribution in [2.24, 2.45) is 23.7 Å². The summed E-state index contributed by atoms with van der Waals surface area (Å²) in [6.07, 6.45) is 4.15. The number of rotatable bonds is 4. The van der Waals surface area contributed by atoms with Crippen molar-refractivity contribution in [1.82, 2.24) is 0 Å². The Hall–Kier alpha value is -4.32. The summed E-state index contributed by atoms with van der Waals surface area (Å²) in [7, 11) is 0. The van der Waals surface area contributed by atoms with Gasteiger partial charge in [0.25, 0.3) is 5.69 Å². The van der Waals surface area contributed by atoms with Gasteiger partial charge in [0.15, 0.2) is 0 Å². The maximum Gasteiger partial charge on any atom is 0.269 e. The van der Waals surface area contributed by atoms with E-state index in [-0.39, 0.29) is 29.3 Å². The van der Waals surface area contributed by atoms with Crippen LogP contribution in [0.2, 0.25) is 0 Å². The van der Waals surface area contributed by atoms with Gasteiger partial charge in [0.2, 0.25) is 11.8 Å². The van der Waals surface area contributed by atoms with Crippen molar-refractivity contribution in [2.45, 2.75) is 13.8 Å². The number of allylic oxidation sites excluding steroid dienone is 3. The number of aryl methyl sites for hydroxylation is 2. The van der Waals surface area contributed by atoms with Gasteiger partial charge in [-0.15, -0.1) is 0 Å². The minimum absolute atomic E-state index is 0.0779. The molecule has 4 unspecified atom stereocenters. The van der Waals surface area contributed by atoms with Crippen molar-refractivity contribution in [1.29, 1.82) is 0 Å². The number of imide groups is 1. The van der Waals surface area contributed by atoms with Crippen molar-refractivity contribution in [3.8, 4) is 0 Å². The van der Waals surface area contributed by atoms with Crippen LogP contribution in [0.5, 0.6) is 0 Å². The second-order valence-corrected chi connectivity index (χ2v) is 9.84. The van der Waals surface area contributed by atoms with Gasteiger partial charge in [-0.05, 0) is 48.3 Å². The number of non-ortho nitro benzene ring substituents is 1. The summed E-state index contributed by atoms with van der Waals surface area (Å²) in [6.45, 7) is 4.11. The van der Waals surface area contributed by atoms with E-state index in [0.29, 0.717) is 5.69 Å². The smallest absolute Gasteiger partial charge is 0.269 e. The number of fused-ring (bicyclic) bond motifs is 5. The fraction of sp³-hybridized carbons (Fsp3) is 0.200. The van der Waals surface area contributed by atoms with Crippen LogP contribution in [0.3, 0.4) is 0 Å². The molecule has 0 N–H and O–H groups in total. The van der Waals surface area contributed by atoms with Gasteiger partial charge in [-0.3, -0.25) is 19.7 Å². The van der Waals surface area contributed by atoms with Gasteiger partial charge in [0.1, 0.15) is 0 Å². The molecule has 1 aliphatic heterocycles. The van der Waals surface area contributed by atoms with Crippen LogP contribution in [0.25, 0.3) is 5.57 Å². The molecule has 0 aromatic heterocycles. The quantitative estimate of drug-likeness (QED) is 0.211. The lowest BCUT2D eigenvalue weighted by Crippen LogP contribution is -2.33. The fourth-order valence-corrected chi connectivity index (χ4v) is 6.01. The molecule has 0 spiro atoms. The third-order valence-electron chi connectivity index (χ3n) is 7.70. The highest BCUT2D eigenvalue weighted by Gasteiger charge is 2.62. The molecule has 6 nitrogen and oxygen atoms in total. The zero-order valence-electron chi connectivity index (χ0n) is 19.9. The summed E-state index contributed by atoms with van der Waals surface area (Å²) in [6, 6.07) is 22.4. The van der Waals surface area contributed by atoms with E-state index in [0.717, 1.165) is 22.3 Å². The van der Waals surface area contributed by atoms with E-state index in [2.05, 4.69) is 74.5 Å². The van der Waals surface area contributed by atoms with Crippen molar-refractivity contribution in [3.05, 3.63) is 123 Å². The second-order valence-electron chi connectivity index (χ2n) is 9.84. The summed E-state index contributed by atoms with van der Waals surface area (Å²) in [5.74, 6) is -1.75. The van der Waals surface area contributed by atoms with E-state index >= 15 is 0 Å². The molecule has 1 saturated heterocycles. The maximum atomic E-state index is 13.7. The lowest BCUT2D eigenvalue weighted by molar-refractivity contribution is -0.384. The molecular weight excluding hydrogens is 452 g/mol.